The maximum Gasteiger partial charge on any atom is 0.273 e. The zero-order chi connectivity index (χ0) is 23.7. The molecule has 1 heterocycles. The van der Waals surface area contributed by atoms with Gasteiger partial charge in [-0.1, -0.05) is 65.7 Å². The van der Waals surface area contributed by atoms with E-state index < -0.39 is 36.1 Å². The number of benzene rings is 2. The first kappa shape index (κ1) is 21.6. The lowest BCUT2D eigenvalue weighted by Crippen LogP contribution is -2.52. The van der Waals surface area contributed by atoms with Crippen LogP contribution in [-0.2, 0) is 9.59 Å². The van der Waals surface area contributed by atoms with Crippen LogP contribution in [0.25, 0.3) is 0 Å². The first-order valence-corrected chi connectivity index (χ1v) is 12.0. The van der Waals surface area contributed by atoms with Crippen LogP contribution in [0.2, 0.25) is 10.0 Å². The largest absolute Gasteiger partial charge is 0.292 e. The number of nitrogens with zero attached hydrogens (tertiary/aromatic N) is 2. The van der Waals surface area contributed by atoms with Gasteiger partial charge in [-0.25, -0.2) is 5.01 Å². The van der Waals surface area contributed by atoms with E-state index in [0.29, 0.717) is 17.4 Å². The second-order valence-corrected chi connectivity index (χ2v) is 10.2. The van der Waals surface area contributed by atoms with Crippen molar-refractivity contribution in [3.63, 3.8) is 0 Å². The highest BCUT2D eigenvalue weighted by Crippen LogP contribution is 2.65. The van der Waals surface area contributed by atoms with E-state index in [4.69, 9.17) is 23.2 Å². The minimum Gasteiger partial charge on any atom is -0.292 e. The minimum atomic E-state index is -0.659. The predicted molar refractivity (Wildman–Crippen MR) is 125 cm³/mol. The molecule has 2 aromatic rings. The van der Waals surface area contributed by atoms with Gasteiger partial charge < -0.3 is 0 Å². The highest BCUT2D eigenvalue weighted by Gasteiger charge is 2.68. The molecule has 2 saturated carbocycles. The maximum atomic E-state index is 13.6. The van der Waals surface area contributed by atoms with Crippen molar-refractivity contribution < 1.29 is 19.2 Å². The number of hydrazine groups is 1. The molecule has 1 saturated heterocycles. The second kappa shape index (κ2) is 7.79. The molecule has 0 N–H and O–H groups in total. The van der Waals surface area contributed by atoms with E-state index in [0.717, 1.165) is 16.4 Å². The topological polar surface area (TPSA) is 74.8 Å². The molecule has 5 aliphatic rings. The third-order valence-electron chi connectivity index (χ3n) is 7.67. The summed E-state index contributed by atoms with van der Waals surface area (Å²) in [6.45, 7) is -0.449. The van der Waals surface area contributed by atoms with Crippen LogP contribution in [0.15, 0.2) is 60.7 Å². The van der Waals surface area contributed by atoms with Gasteiger partial charge in [-0.05, 0) is 48.3 Å². The van der Waals surface area contributed by atoms with Crippen molar-refractivity contribution in [3.05, 3.63) is 81.9 Å². The van der Waals surface area contributed by atoms with Gasteiger partial charge in [0.1, 0.15) is 6.54 Å². The molecule has 6 atom stereocenters. The Bertz CT molecular complexity index is 1240. The van der Waals surface area contributed by atoms with Crippen molar-refractivity contribution in [1.29, 1.82) is 0 Å². The smallest absolute Gasteiger partial charge is 0.273 e. The van der Waals surface area contributed by atoms with E-state index in [2.05, 4.69) is 12.2 Å². The zero-order valence-corrected chi connectivity index (χ0v) is 19.4. The van der Waals surface area contributed by atoms with E-state index in [-0.39, 0.29) is 33.2 Å². The highest BCUT2D eigenvalue weighted by atomic mass is 35.5. The molecule has 4 aliphatic carbocycles. The summed E-state index contributed by atoms with van der Waals surface area (Å²) in [6.07, 6.45) is 5.16. The van der Waals surface area contributed by atoms with E-state index >= 15 is 0 Å². The summed E-state index contributed by atoms with van der Waals surface area (Å²) in [6, 6.07) is 12.8. The summed E-state index contributed by atoms with van der Waals surface area (Å²) in [7, 11) is 0. The van der Waals surface area contributed by atoms with Crippen LogP contribution in [0.5, 0.6) is 0 Å². The van der Waals surface area contributed by atoms with Crippen LogP contribution in [0, 0.1) is 35.5 Å². The molecule has 34 heavy (non-hydrogen) atoms. The quantitative estimate of drug-likeness (QED) is 0.353. The molecule has 3 amide bonds. The van der Waals surface area contributed by atoms with Crippen molar-refractivity contribution >= 4 is 46.7 Å². The van der Waals surface area contributed by atoms with Gasteiger partial charge in [0.2, 0.25) is 0 Å². The highest BCUT2D eigenvalue weighted by molar-refractivity contribution is 6.42. The average molecular weight is 495 g/mol. The molecular weight excluding hydrogens is 475 g/mol. The summed E-state index contributed by atoms with van der Waals surface area (Å²) in [4.78, 5) is 54.0. The normalized spacial score (nSPS) is 30.2. The van der Waals surface area contributed by atoms with E-state index in [1.807, 2.05) is 0 Å². The van der Waals surface area contributed by atoms with Crippen molar-refractivity contribution in [3.8, 4) is 0 Å². The Morgan fingerprint density at radius 3 is 2.06 bits per heavy atom. The number of ketones is 1. The molecule has 0 aromatic heterocycles. The molecule has 0 spiro atoms. The SMILES string of the molecule is O=C(CN(C(=O)c1ccc(Cl)c(Cl)c1)N1C(=O)[C@@H]2[C@H]3C=C[C@@H]([C@@H]4C[C@@H]34)[C@H]2C1=O)c1ccccc1. The molecule has 172 valence electrons. The summed E-state index contributed by atoms with van der Waals surface area (Å²) >= 11 is 12.1. The van der Waals surface area contributed by atoms with E-state index in [1.54, 1.807) is 30.3 Å². The average Bonchev–Trinajstić information content (AvgIpc) is 3.63. The van der Waals surface area contributed by atoms with Crippen molar-refractivity contribution in [2.45, 2.75) is 6.42 Å². The zero-order valence-electron chi connectivity index (χ0n) is 17.9. The van der Waals surface area contributed by atoms with Crippen LogP contribution in [-0.4, -0.2) is 40.1 Å². The third kappa shape index (κ3) is 3.16. The third-order valence-corrected chi connectivity index (χ3v) is 8.41. The summed E-state index contributed by atoms with van der Waals surface area (Å²) in [5.41, 5.74) is 0.517. The summed E-state index contributed by atoms with van der Waals surface area (Å²) in [5.74, 6) is -1.95. The number of halogens is 2. The number of carbonyl (C=O) groups excluding carboxylic acids is 4. The lowest BCUT2D eigenvalue weighted by atomic mass is 9.63. The Kier molecular flexibility index (Phi) is 4.94. The van der Waals surface area contributed by atoms with Gasteiger partial charge in [0.25, 0.3) is 17.7 Å². The van der Waals surface area contributed by atoms with Gasteiger partial charge in [0.15, 0.2) is 5.78 Å². The Morgan fingerprint density at radius 2 is 1.47 bits per heavy atom. The first-order chi connectivity index (χ1) is 16.4. The number of rotatable bonds is 5. The number of amides is 3. The predicted octanol–water partition coefficient (Wildman–Crippen LogP) is 4.29. The molecule has 8 heteroatoms. The molecule has 7 rings (SSSR count). The van der Waals surface area contributed by atoms with Crippen LogP contribution in [0.3, 0.4) is 0 Å². The maximum absolute atomic E-state index is 13.6. The van der Waals surface area contributed by atoms with Crippen LogP contribution < -0.4 is 0 Å². The Labute approximate surface area is 206 Å². The van der Waals surface area contributed by atoms with Gasteiger partial charge in [0.05, 0.1) is 21.9 Å². The summed E-state index contributed by atoms with van der Waals surface area (Å²) < 4.78 is 0. The fraction of sp³-hybridized carbons (Fsp3) is 0.308. The summed E-state index contributed by atoms with van der Waals surface area (Å²) in [5, 5.41) is 2.35. The van der Waals surface area contributed by atoms with Gasteiger partial charge in [-0.3, -0.25) is 19.2 Å². The molecular formula is C26H20Cl2N2O4. The standard InChI is InChI=1S/C26H20Cl2N2O4/c27-19-9-6-14(10-20(19)28)24(32)29(12-21(31)13-4-2-1-3-5-13)30-25(33)22-15-7-8-16(18-11-17(15)18)23(22)26(30)34/h1-10,15-18,22-23H,11-12H2/t15-,16-,17-,18-,22+,23+/m0/s1. The number of Topliss-reactive ketones (excluding diaryl/α,β-unsaturated/α-hetero) is 1. The Balaban J connectivity index is 1.38. The molecule has 0 unspecified atom stereocenters. The lowest BCUT2D eigenvalue weighted by Gasteiger charge is -2.37. The minimum absolute atomic E-state index is 0.00760. The van der Waals surface area contributed by atoms with Crippen molar-refractivity contribution in [2.75, 3.05) is 6.54 Å². The number of hydrogen-bond acceptors (Lipinski definition) is 4. The van der Waals surface area contributed by atoms with Crippen LogP contribution in [0.4, 0.5) is 0 Å². The molecule has 2 bridgehead atoms. The van der Waals surface area contributed by atoms with Crippen molar-refractivity contribution in [1.82, 2.24) is 10.0 Å². The molecule has 2 aromatic carbocycles. The first-order valence-electron chi connectivity index (χ1n) is 11.3. The second-order valence-electron chi connectivity index (χ2n) is 9.42. The van der Waals surface area contributed by atoms with Gasteiger partial charge in [-0.2, -0.15) is 5.01 Å². The van der Waals surface area contributed by atoms with Gasteiger partial charge in [0, 0.05) is 11.1 Å². The number of carbonyl (C=O) groups is 4. The van der Waals surface area contributed by atoms with Gasteiger partial charge in [-0.15, -0.1) is 0 Å². The Morgan fingerprint density at radius 1 is 0.853 bits per heavy atom. The number of hydrogen-bond donors (Lipinski definition) is 0. The number of imide groups is 1. The monoisotopic (exact) mass is 494 g/mol. The molecule has 3 fully saturated rings. The van der Waals surface area contributed by atoms with Crippen LogP contribution in [0.1, 0.15) is 27.1 Å². The van der Waals surface area contributed by atoms with Crippen LogP contribution >= 0.6 is 23.2 Å². The van der Waals surface area contributed by atoms with Gasteiger partial charge >= 0.3 is 0 Å². The molecule has 1 aliphatic heterocycles. The molecule has 0 radical (unpaired) electrons. The lowest BCUT2D eigenvalue weighted by molar-refractivity contribution is -0.154. The van der Waals surface area contributed by atoms with Crippen molar-refractivity contribution in [2.24, 2.45) is 35.5 Å². The molecule has 6 nitrogen and oxygen atoms in total. The fourth-order valence-electron chi connectivity index (χ4n) is 6.04. The Hall–Kier alpha value is -2.96. The van der Waals surface area contributed by atoms with E-state index in [1.165, 1.54) is 18.2 Å². The number of allylic oxidation sites excluding steroid dienone is 2. The fourth-order valence-corrected chi connectivity index (χ4v) is 6.34. The van der Waals surface area contributed by atoms with E-state index in [9.17, 15) is 19.2 Å².